The summed E-state index contributed by atoms with van der Waals surface area (Å²) in [6, 6.07) is 11.6. The number of aromatic nitrogens is 1. The van der Waals surface area contributed by atoms with Crippen LogP contribution in [0.1, 0.15) is 53.6 Å². The summed E-state index contributed by atoms with van der Waals surface area (Å²) >= 11 is 1.85. The molecule has 35 heavy (non-hydrogen) atoms. The average Bonchev–Trinajstić information content (AvgIpc) is 3.27. The van der Waals surface area contributed by atoms with Gasteiger partial charge in [-0.25, -0.2) is 4.39 Å². The molecule has 188 valence electrons. The molecule has 0 saturated carbocycles. The number of nitrogens with zero attached hydrogens (tertiary/aromatic N) is 2. The maximum absolute atomic E-state index is 15.5. The van der Waals surface area contributed by atoms with E-state index in [0.29, 0.717) is 24.2 Å². The van der Waals surface area contributed by atoms with E-state index in [2.05, 4.69) is 28.9 Å². The molecule has 3 atom stereocenters. The molecule has 7 heteroatoms. The van der Waals surface area contributed by atoms with E-state index < -0.39 is 12.1 Å². The first-order valence-corrected chi connectivity index (χ1v) is 13.3. The highest BCUT2D eigenvalue weighted by Crippen LogP contribution is 2.36. The van der Waals surface area contributed by atoms with Gasteiger partial charge >= 0.3 is 5.97 Å². The van der Waals surface area contributed by atoms with Crippen LogP contribution in [-0.2, 0) is 11.2 Å². The first-order chi connectivity index (χ1) is 16.9. The van der Waals surface area contributed by atoms with Crippen molar-refractivity contribution in [1.82, 2.24) is 9.88 Å². The van der Waals surface area contributed by atoms with E-state index in [1.165, 1.54) is 9.75 Å². The Balaban J connectivity index is 1.35. The van der Waals surface area contributed by atoms with Crippen LogP contribution in [0.3, 0.4) is 0 Å². The van der Waals surface area contributed by atoms with Gasteiger partial charge in [0.2, 0.25) is 0 Å². The molecule has 2 aromatic heterocycles. The third kappa shape index (κ3) is 6.79. The molecule has 0 unspecified atom stereocenters. The third-order valence-corrected chi connectivity index (χ3v) is 8.28. The fraction of sp³-hybridized carbons (Fsp3) is 0.500. The zero-order valence-electron chi connectivity index (χ0n) is 20.6. The molecule has 1 saturated heterocycles. The summed E-state index contributed by atoms with van der Waals surface area (Å²) in [5.74, 6) is 0.205. The molecule has 0 amide bonds. The highest BCUT2D eigenvalue weighted by molar-refractivity contribution is 7.11. The fourth-order valence-electron chi connectivity index (χ4n) is 5.35. The lowest BCUT2D eigenvalue weighted by Crippen LogP contribution is -2.42. The van der Waals surface area contributed by atoms with Gasteiger partial charge in [-0.3, -0.25) is 9.78 Å². The van der Waals surface area contributed by atoms with Gasteiger partial charge < -0.3 is 14.7 Å². The Bertz CT molecular complexity index is 1130. The minimum Gasteiger partial charge on any atom is -0.497 e. The van der Waals surface area contributed by atoms with Crippen molar-refractivity contribution >= 4 is 28.2 Å². The van der Waals surface area contributed by atoms with Gasteiger partial charge in [0.05, 0.1) is 12.6 Å². The maximum Gasteiger partial charge on any atom is 0.303 e. The van der Waals surface area contributed by atoms with Gasteiger partial charge in [0.15, 0.2) is 0 Å². The Morgan fingerprint density at radius 1 is 1.29 bits per heavy atom. The number of ether oxygens (including phenoxy) is 1. The summed E-state index contributed by atoms with van der Waals surface area (Å²) in [4.78, 5) is 21.1. The van der Waals surface area contributed by atoms with Crippen LogP contribution >= 0.6 is 11.3 Å². The normalized spacial score (nSPS) is 19.6. The van der Waals surface area contributed by atoms with Gasteiger partial charge in [-0.1, -0.05) is 0 Å². The molecule has 3 heterocycles. The summed E-state index contributed by atoms with van der Waals surface area (Å²) < 4.78 is 20.8. The number of hydrogen-bond acceptors (Lipinski definition) is 5. The first-order valence-electron chi connectivity index (χ1n) is 12.5. The number of rotatable bonds is 11. The van der Waals surface area contributed by atoms with Crippen LogP contribution in [0.15, 0.2) is 42.6 Å². The number of carboxylic acid groups (broad SMARTS) is 1. The number of methoxy groups -OCH3 is 1. The number of aliphatic carboxylic acids is 1. The zero-order valence-corrected chi connectivity index (χ0v) is 21.4. The minimum atomic E-state index is -1.12. The largest absolute Gasteiger partial charge is 0.497 e. The lowest BCUT2D eigenvalue weighted by molar-refractivity contribution is -0.139. The number of carboxylic acids is 1. The summed E-state index contributed by atoms with van der Waals surface area (Å²) in [5.41, 5.74) is 1.38. The maximum atomic E-state index is 15.5. The van der Waals surface area contributed by atoms with Gasteiger partial charge in [0.1, 0.15) is 11.9 Å². The molecule has 1 aliphatic rings. The molecule has 0 spiro atoms. The van der Waals surface area contributed by atoms with Crippen LogP contribution < -0.4 is 4.74 Å². The van der Waals surface area contributed by atoms with Crippen LogP contribution in [0, 0.1) is 18.8 Å². The summed E-state index contributed by atoms with van der Waals surface area (Å²) in [6.07, 6.45) is 4.83. The monoisotopic (exact) mass is 498 g/mol. The van der Waals surface area contributed by atoms with Crippen LogP contribution in [0.25, 0.3) is 10.9 Å². The predicted octanol–water partition coefficient (Wildman–Crippen LogP) is 6.45. The molecule has 0 bridgehead atoms. The highest BCUT2D eigenvalue weighted by atomic mass is 32.1. The zero-order chi connectivity index (χ0) is 24.8. The SMILES string of the molecule is COc1ccc2nccc([C@H](F)CC[C@@H]3CCN(CCCc4ccc(C)s4)C[C@@H]3CC(=O)O)c2c1. The summed E-state index contributed by atoms with van der Waals surface area (Å²) in [6.45, 7) is 4.85. The molecular weight excluding hydrogens is 463 g/mol. The Morgan fingerprint density at radius 3 is 2.89 bits per heavy atom. The van der Waals surface area contributed by atoms with Crippen molar-refractivity contribution in [2.75, 3.05) is 26.7 Å². The molecule has 1 fully saturated rings. The Labute approximate surface area is 210 Å². The van der Waals surface area contributed by atoms with E-state index in [1.54, 1.807) is 19.4 Å². The van der Waals surface area contributed by atoms with Gasteiger partial charge in [-0.15, -0.1) is 11.3 Å². The molecule has 1 N–H and O–H groups in total. The lowest BCUT2D eigenvalue weighted by atomic mass is 9.79. The Morgan fingerprint density at radius 2 is 2.14 bits per heavy atom. The number of thiophene rings is 1. The number of aryl methyl sites for hydroxylation is 2. The van der Waals surface area contributed by atoms with Crippen LogP contribution in [-0.4, -0.2) is 47.7 Å². The molecule has 0 radical (unpaired) electrons. The van der Waals surface area contributed by atoms with Crippen molar-refractivity contribution in [3.05, 3.63) is 57.9 Å². The number of carbonyl (C=O) groups is 1. The van der Waals surface area contributed by atoms with E-state index in [9.17, 15) is 9.90 Å². The second-order valence-corrected chi connectivity index (χ2v) is 11.0. The highest BCUT2D eigenvalue weighted by Gasteiger charge is 2.31. The summed E-state index contributed by atoms with van der Waals surface area (Å²) in [5, 5.41) is 10.3. The average molecular weight is 499 g/mol. The number of likely N-dealkylation sites (tertiary alicyclic amines) is 1. The van der Waals surface area contributed by atoms with Gasteiger partial charge in [0, 0.05) is 34.3 Å². The molecule has 4 rings (SSSR count). The Kier molecular flexibility index (Phi) is 8.74. The van der Waals surface area contributed by atoms with Gasteiger partial charge in [0.25, 0.3) is 0 Å². The standard InChI is InChI=1S/C28H35FN2O3S/c1-19-5-8-23(35-19)4-3-14-31-15-12-20(21(18-31)16-28(32)33)6-9-26(29)24-11-13-30-27-10-7-22(34-2)17-25(24)27/h5,7-8,10-11,13,17,20-21,26H,3-4,6,9,12,14-16,18H2,1-2H3,(H,32,33)/t20-,21+,26-/m1/s1. The molecule has 5 nitrogen and oxygen atoms in total. The van der Waals surface area contributed by atoms with Crippen molar-refractivity contribution in [3.63, 3.8) is 0 Å². The number of halogens is 1. The number of piperidine rings is 1. The van der Waals surface area contributed by atoms with Crippen molar-refractivity contribution in [2.24, 2.45) is 11.8 Å². The first kappa shape index (κ1) is 25.6. The Hall–Kier alpha value is -2.51. The smallest absolute Gasteiger partial charge is 0.303 e. The molecule has 0 aliphatic carbocycles. The number of benzene rings is 1. The minimum absolute atomic E-state index is 0.0618. The van der Waals surface area contributed by atoms with Gasteiger partial charge in [-0.2, -0.15) is 0 Å². The topological polar surface area (TPSA) is 62.7 Å². The van der Waals surface area contributed by atoms with Crippen LogP contribution in [0.2, 0.25) is 0 Å². The van der Waals surface area contributed by atoms with Crippen molar-refractivity contribution in [3.8, 4) is 5.75 Å². The molecular formula is C28H35FN2O3S. The van der Waals surface area contributed by atoms with E-state index in [4.69, 9.17) is 4.74 Å². The van der Waals surface area contributed by atoms with E-state index >= 15 is 4.39 Å². The van der Waals surface area contributed by atoms with E-state index in [0.717, 1.165) is 49.8 Å². The van der Waals surface area contributed by atoms with Gasteiger partial charge in [-0.05, 0) is 106 Å². The third-order valence-electron chi connectivity index (χ3n) is 7.22. The number of hydrogen-bond donors (Lipinski definition) is 1. The molecule has 1 aliphatic heterocycles. The second-order valence-electron chi connectivity index (χ2n) is 9.65. The number of fused-ring (bicyclic) bond motifs is 1. The van der Waals surface area contributed by atoms with Crippen molar-refractivity contribution in [1.29, 1.82) is 0 Å². The van der Waals surface area contributed by atoms with Crippen molar-refractivity contribution < 1.29 is 19.0 Å². The molecule has 1 aromatic carbocycles. The van der Waals surface area contributed by atoms with E-state index in [1.807, 2.05) is 29.5 Å². The van der Waals surface area contributed by atoms with Crippen LogP contribution in [0.4, 0.5) is 4.39 Å². The molecule has 3 aromatic rings. The summed E-state index contributed by atoms with van der Waals surface area (Å²) in [7, 11) is 1.60. The number of pyridine rings is 1. The second kappa shape index (κ2) is 12.0. The van der Waals surface area contributed by atoms with E-state index in [-0.39, 0.29) is 18.3 Å². The fourth-order valence-corrected chi connectivity index (χ4v) is 6.29. The van der Waals surface area contributed by atoms with Crippen molar-refractivity contribution in [2.45, 2.75) is 51.6 Å². The predicted molar refractivity (Wildman–Crippen MR) is 139 cm³/mol. The quantitative estimate of drug-likeness (QED) is 0.329. The van der Waals surface area contributed by atoms with Crippen LogP contribution in [0.5, 0.6) is 5.75 Å². The number of alkyl halides is 1. The lowest BCUT2D eigenvalue weighted by Gasteiger charge is -2.38.